The molecule has 0 bridgehead atoms. The van der Waals surface area contributed by atoms with Gasteiger partial charge >= 0.3 is 21.1 Å². The van der Waals surface area contributed by atoms with Gasteiger partial charge in [0.15, 0.2) is 0 Å². The molecule has 0 rings (SSSR count). The van der Waals surface area contributed by atoms with Gasteiger partial charge in [0.2, 0.25) is 0 Å². The normalized spacial score (nSPS) is 5.14. The second-order valence-electron chi connectivity index (χ2n) is 1.000. The van der Waals surface area contributed by atoms with Gasteiger partial charge in [-0.05, 0) is 0 Å². The van der Waals surface area contributed by atoms with Crippen molar-refractivity contribution in [3.63, 3.8) is 0 Å². The van der Waals surface area contributed by atoms with E-state index in [4.69, 9.17) is 0 Å². The van der Waals surface area contributed by atoms with E-state index in [1.165, 1.54) is 0 Å². The average Bonchev–Trinajstić information content (AvgIpc) is 1.39. The van der Waals surface area contributed by atoms with Crippen LogP contribution in [0.4, 0.5) is 0 Å². The summed E-state index contributed by atoms with van der Waals surface area (Å²) >= 11 is 0. The Kier molecular flexibility index (Phi) is 66.9. The van der Waals surface area contributed by atoms with E-state index in [0.717, 1.165) is 12.8 Å². The summed E-state index contributed by atoms with van der Waals surface area (Å²) in [6.07, 6.45) is 2.00. The standard InChI is InChI=1S/2C3H7.Pt/c2*1-3-2;/h2*1,3H2,2H3;/q2*-1;+2. The van der Waals surface area contributed by atoms with E-state index in [1.807, 2.05) is 13.8 Å². The molecule has 48 valence electrons. The maximum Gasteiger partial charge on any atom is 2.00 e. The van der Waals surface area contributed by atoms with Crippen LogP contribution in [0, 0.1) is 13.8 Å². The Morgan fingerprint density at radius 3 is 1.00 bits per heavy atom. The van der Waals surface area contributed by atoms with Crippen LogP contribution in [-0.4, -0.2) is 0 Å². The van der Waals surface area contributed by atoms with Gasteiger partial charge in [0.1, 0.15) is 0 Å². The summed E-state index contributed by atoms with van der Waals surface area (Å²) in [4.78, 5) is 0. The molecule has 0 amide bonds. The van der Waals surface area contributed by atoms with Crippen molar-refractivity contribution in [2.45, 2.75) is 26.7 Å². The van der Waals surface area contributed by atoms with E-state index in [0.29, 0.717) is 0 Å². The minimum absolute atomic E-state index is 0. The molecule has 0 saturated heterocycles. The Balaban J connectivity index is -0.0000000400. The molecule has 0 spiro atoms. The summed E-state index contributed by atoms with van der Waals surface area (Å²) in [6.45, 7) is 11.0. The summed E-state index contributed by atoms with van der Waals surface area (Å²) in [5, 5.41) is 0. The summed E-state index contributed by atoms with van der Waals surface area (Å²) in [5.41, 5.74) is 0. The van der Waals surface area contributed by atoms with Gasteiger partial charge in [0.25, 0.3) is 0 Å². The first kappa shape index (κ1) is 15.6. The van der Waals surface area contributed by atoms with Crippen molar-refractivity contribution in [1.82, 2.24) is 0 Å². The van der Waals surface area contributed by atoms with Crippen LogP contribution in [0.15, 0.2) is 0 Å². The van der Waals surface area contributed by atoms with Gasteiger partial charge in [-0.2, -0.15) is 12.8 Å². The van der Waals surface area contributed by atoms with Crippen molar-refractivity contribution < 1.29 is 21.1 Å². The van der Waals surface area contributed by atoms with Crippen molar-refractivity contribution in [2.24, 2.45) is 0 Å². The minimum Gasteiger partial charge on any atom is -0.344 e. The smallest absolute Gasteiger partial charge is 0.344 e. The quantitative estimate of drug-likeness (QED) is 0.598. The molecule has 0 fully saturated rings. The number of hydrogen-bond acceptors (Lipinski definition) is 0. The minimum atomic E-state index is 0. The van der Waals surface area contributed by atoms with Crippen LogP contribution >= 0.6 is 0 Å². The molecule has 7 heavy (non-hydrogen) atoms. The Morgan fingerprint density at radius 1 is 1.00 bits per heavy atom. The van der Waals surface area contributed by atoms with Crippen LogP contribution < -0.4 is 0 Å². The summed E-state index contributed by atoms with van der Waals surface area (Å²) < 4.78 is 0. The predicted molar refractivity (Wildman–Crippen MR) is 31.3 cm³/mol. The van der Waals surface area contributed by atoms with Crippen molar-refractivity contribution >= 4 is 0 Å². The molecule has 0 aliphatic heterocycles. The van der Waals surface area contributed by atoms with Gasteiger partial charge in [0.05, 0.1) is 0 Å². The molecule has 0 radical (unpaired) electrons. The molecule has 0 aromatic rings. The molecule has 0 saturated carbocycles. The molecular formula is C6H14Pt. The zero-order valence-corrected chi connectivity index (χ0v) is 7.42. The van der Waals surface area contributed by atoms with Gasteiger partial charge in [-0.25, -0.2) is 0 Å². The third-order valence-corrected chi connectivity index (χ3v) is 0. The zero-order valence-electron chi connectivity index (χ0n) is 5.14. The Bertz CT molecular complexity index is 6.14. The van der Waals surface area contributed by atoms with Crippen LogP contribution in [0.2, 0.25) is 0 Å². The van der Waals surface area contributed by atoms with Crippen LogP contribution in [0.1, 0.15) is 26.7 Å². The first-order chi connectivity index (χ1) is 2.83. The second kappa shape index (κ2) is 29.9. The van der Waals surface area contributed by atoms with Crippen LogP contribution in [0.25, 0.3) is 0 Å². The maximum absolute atomic E-state index is 3.49. The van der Waals surface area contributed by atoms with Gasteiger partial charge < -0.3 is 13.8 Å². The first-order valence-electron chi connectivity index (χ1n) is 2.41. The summed E-state index contributed by atoms with van der Waals surface area (Å²) in [6, 6.07) is 0. The van der Waals surface area contributed by atoms with E-state index in [2.05, 4.69) is 13.8 Å². The van der Waals surface area contributed by atoms with E-state index in [-0.39, 0.29) is 21.1 Å². The van der Waals surface area contributed by atoms with Crippen molar-refractivity contribution in [2.75, 3.05) is 0 Å². The molecule has 0 N–H and O–H groups in total. The topological polar surface area (TPSA) is 0 Å². The maximum atomic E-state index is 3.49. The summed E-state index contributed by atoms with van der Waals surface area (Å²) in [7, 11) is 0. The van der Waals surface area contributed by atoms with Crippen molar-refractivity contribution in [1.29, 1.82) is 0 Å². The van der Waals surface area contributed by atoms with Crippen molar-refractivity contribution in [3.8, 4) is 0 Å². The van der Waals surface area contributed by atoms with Gasteiger partial charge in [-0.15, -0.1) is 0 Å². The molecule has 0 heterocycles. The Labute approximate surface area is 62.0 Å². The molecular weight excluding hydrogens is 267 g/mol. The van der Waals surface area contributed by atoms with Crippen LogP contribution in [0.5, 0.6) is 0 Å². The molecule has 0 aliphatic carbocycles. The van der Waals surface area contributed by atoms with Gasteiger partial charge in [-0.1, -0.05) is 13.8 Å². The van der Waals surface area contributed by atoms with E-state index in [1.54, 1.807) is 0 Å². The van der Waals surface area contributed by atoms with Crippen LogP contribution in [-0.2, 0) is 21.1 Å². The molecule has 0 aromatic heterocycles. The largest absolute Gasteiger partial charge is 2.00 e. The third kappa shape index (κ3) is 310. The fourth-order valence-electron chi connectivity index (χ4n) is 0. The van der Waals surface area contributed by atoms with E-state index < -0.39 is 0 Å². The van der Waals surface area contributed by atoms with E-state index >= 15 is 0 Å². The predicted octanol–water partition coefficient (Wildman–Crippen LogP) is 2.46. The Hall–Kier alpha value is 0.688. The molecule has 0 aromatic carbocycles. The van der Waals surface area contributed by atoms with Crippen molar-refractivity contribution in [3.05, 3.63) is 13.8 Å². The molecule has 0 atom stereocenters. The molecule has 0 nitrogen and oxygen atoms in total. The third-order valence-electron chi connectivity index (χ3n) is 0. The molecule has 0 unspecified atom stereocenters. The number of rotatable bonds is 0. The van der Waals surface area contributed by atoms with Gasteiger partial charge in [-0.3, -0.25) is 0 Å². The Morgan fingerprint density at radius 2 is 1.00 bits per heavy atom. The monoisotopic (exact) mass is 281 g/mol. The second-order valence-corrected chi connectivity index (χ2v) is 1.000. The fourth-order valence-corrected chi connectivity index (χ4v) is 0. The number of hydrogen-bond donors (Lipinski definition) is 0. The zero-order chi connectivity index (χ0) is 5.41. The van der Waals surface area contributed by atoms with Crippen LogP contribution in [0.3, 0.4) is 0 Å². The average molecular weight is 281 g/mol. The SMILES string of the molecule is [CH2-]CC.[CH2-]CC.[Pt+2]. The molecule has 0 aliphatic rings. The van der Waals surface area contributed by atoms with Gasteiger partial charge in [0, 0.05) is 0 Å². The first-order valence-corrected chi connectivity index (χ1v) is 2.41. The molecule has 1 heteroatoms. The van der Waals surface area contributed by atoms with E-state index in [9.17, 15) is 0 Å². The summed E-state index contributed by atoms with van der Waals surface area (Å²) in [5.74, 6) is 0. The fraction of sp³-hybridized carbons (Fsp3) is 0.667.